The van der Waals surface area contributed by atoms with E-state index >= 15 is 0 Å². The van der Waals surface area contributed by atoms with Crippen molar-refractivity contribution in [2.45, 2.75) is 12.6 Å². The molecule has 0 aliphatic rings. The first-order valence-electron chi connectivity index (χ1n) is 4.92. The van der Waals surface area contributed by atoms with Gasteiger partial charge in [-0.25, -0.2) is 0 Å². The van der Waals surface area contributed by atoms with Crippen LogP contribution < -0.4 is 5.32 Å². The molecule has 3 nitrogen and oxygen atoms in total. The summed E-state index contributed by atoms with van der Waals surface area (Å²) >= 11 is 0. The van der Waals surface area contributed by atoms with Crippen molar-refractivity contribution in [1.82, 2.24) is 10.2 Å². The molecule has 0 atom stereocenters. The van der Waals surface area contributed by atoms with E-state index in [1.807, 2.05) is 19.0 Å². The van der Waals surface area contributed by atoms with Crippen molar-refractivity contribution < 1.29 is 17.9 Å². The van der Waals surface area contributed by atoms with Gasteiger partial charge in [-0.3, -0.25) is 0 Å². The summed E-state index contributed by atoms with van der Waals surface area (Å²) in [6.45, 7) is 2.38. The molecule has 0 radical (unpaired) electrons. The summed E-state index contributed by atoms with van der Waals surface area (Å²) in [5, 5.41) is 3.07. The minimum Gasteiger partial charge on any atom is -0.380 e. The Morgan fingerprint density at radius 3 is 2.33 bits per heavy atom. The largest absolute Gasteiger partial charge is 0.391 e. The van der Waals surface area contributed by atoms with Crippen LogP contribution in [0.5, 0.6) is 0 Å². The Hall–Kier alpha value is -0.330. The molecule has 15 heavy (non-hydrogen) atoms. The Kier molecular flexibility index (Phi) is 7.72. The highest BCUT2D eigenvalue weighted by Crippen LogP contribution is 2.18. The van der Waals surface area contributed by atoms with Gasteiger partial charge in [0.1, 0.15) is 0 Å². The predicted octanol–water partition coefficient (Wildman–Crippen LogP) is 1.11. The maximum Gasteiger partial charge on any atom is 0.391 e. The van der Waals surface area contributed by atoms with Crippen molar-refractivity contribution >= 4 is 0 Å². The fraction of sp³-hybridized carbons (Fsp3) is 1.00. The molecular formula is C9H19F3N2O. The van der Waals surface area contributed by atoms with Crippen LogP contribution in [0.15, 0.2) is 0 Å². The molecule has 1 N–H and O–H groups in total. The highest BCUT2D eigenvalue weighted by molar-refractivity contribution is 4.51. The smallest absolute Gasteiger partial charge is 0.380 e. The molecule has 0 unspecified atom stereocenters. The van der Waals surface area contributed by atoms with Crippen molar-refractivity contribution in [3.8, 4) is 0 Å². The Bertz CT molecular complexity index is 151. The van der Waals surface area contributed by atoms with E-state index < -0.39 is 12.6 Å². The minimum absolute atomic E-state index is 0.251. The van der Waals surface area contributed by atoms with E-state index in [1.54, 1.807) is 0 Å². The summed E-state index contributed by atoms with van der Waals surface area (Å²) in [4.78, 5) is 2.03. The summed E-state index contributed by atoms with van der Waals surface area (Å²) < 4.78 is 39.8. The van der Waals surface area contributed by atoms with Gasteiger partial charge >= 0.3 is 6.18 Å². The van der Waals surface area contributed by atoms with Gasteiger partial charge in [-0.15, -0.1) is 0 Å². The summed E-state index contributed by atoms with van der Waals surface area (Å²) in [5.41, 5.74) is 0. The third kappa shape index (κ3) is 13.7. The van der Waals surface area contributed by atoms with Crippen molar-refractivity contribution in [2.24, 2.45) is 0 Å². The fourth-order valence-corrected chi connectivity index (χ4v) is 0.862. The lowest BCUT2D eigenvalue weighted by molar-refractivity contribution is -0.145. The number of halogens is 3. The number of nitrogens with zero attached hydrogens (tertiary/aromatic N) is 1. The molecule has 0 saturated heterocycles. The van der Waals surface area contributed by atoms with Crippen molar-refractivity contribution in [3.63, 3.8) is 0 Å². The number of ether oxygens (including phenoxy) is 1. The van der Waals surface area contributed by atoms with Crippen molar-refractivity contribution in [2.75, 3.05) is 46.9 Å². The van der Waals surface area contributed by atoms with E-state index in [-0.39, 0.29) is 6.61 Å². The second-order valence-corrected chi connectivity index (χ2v) is 3.53. The first-order chi connectivity index (χ1) is 6.92. The molecule has 6 heteroatoms. The monoisotopic (exact) mass is 228 g/mol. The maximum atomic E-state index is 11.7. The van der Waals surface area contributed by atoms with Crippen LogP contribution in [0.3, 0.4) is 0 Å². The molecule has 0 amide bonds. The first kappa shape index (κ1) is 14.7. The standard InChI is InChI=1S/C9H19F3N2O/c1-14(2)6-4-13-5-8-15-7-3-9(10,11)12/h13H,3-8H2,1-2H3. The van der Waals surface area contributed by atoms with Gasteiger partial charge in [0, 0.05) is 19.6 Å². The third-order valence-corrected chi connectivity index (χ3v) is 1.69. The summed E-state index contributed by atoms with van der Waals surface area (Å²) in [6, 6.07) is 0. The van der Waals surface area contributed by atoms with Crippen molar-refractivity contribution in [3.05, 3.63) is 0 Å². The first-order valence-corrected chi connectivity index (χ1v) is 4.92. The van der Waals surface area contributed by atoms with Gasteiger partial charge in [0.25, 0.3) is 0 Å². The normalized spacial score (nSPS) is 12.4. The lowest BCUT2D eigenvalue weighted by Crippen LogP contribution is -2.29. The van der Waals surface area contributed by atoms with E-state index in [0.717, 1.165) is 13.1 Å². The molecule has 0 aromatic rings. The lowest BCUT2D eigenvalue weighted by atomic mass is 10.4. The molecule has 0 fully saturated rings. The van der Waals surface area contributed by atoms with Gasteiger partial charge < -0.3 is 15.0 Å². The SMILES string of the molecule is CN(C)CCNCCOCCC(F)(F)F. The van der Waals surface area contributed by atoms with Gasteiger partial charge in [-0.05, 0) is 14.1 Å². The Balaban J connectivity index is 3.06. The van der Waals surface area contributed by atoms with Gasteiger partial charge in [0.2, 0.25) is 0 Å². The van der Waals surface area contributed by atoms with Gasteiger partial charge in [-0.1, -0.05) is 0 Å². The second-order valence-electron chi connectivity index (χ2n) is 3.53. The van der Waals surface area contributed by atoms with E-state index in [9.17, 15) is 13.2 Å². The van der Waals surface area contributed by atoms with Crippen LogP contribution in [0.25, 0.3) is 0 Å². The van der Waals surface area contributed by atoms with E-state index in [2.05, 4.69) is 5.32 Å². The summed E-state index contributed by atoms with van der Waals surface area (Å²) in [6.07, 6.45) is -4.98. The maximum absolute atomic E-state index is 11.7. The molecule has 0 aliphatic carbocycles. The number of alkyl halides is 3. The van der Waals surface area contributed by atoms with Gasteiger partial charge in [0.05, 0.1) is 19.6 Å². The second kappa shape index (κ2) is 7.90. The number of hydrogen-bond acceptors (Lipinski definition) is 3. The molecule has 0 spiro atoms. The number of hydrogen-bond donors (Lipinski definition) is 1. The van der Waals surface area contributed by atoms with E-state index in [0.29, 0.717) is 13.2 Å². The van der Waals surface area contributed by atoms with Crippen LogP contribution in [0.1, 0.15) is 6.42 Å². The Labute approximate surface area is 88.6 Å². The molecule has 0 aliphatic heterocycles. The van der Waals surface area contributed by atoms with Gasteiger partial charge in [-0.2, -0.15) is 13.2 Å². The molecule has 0 rings (SSSR count). The van der Waals surface area contributed by atoms with Crippen LogP contribution in [-0.2, 0) is 4.74 Å². The number of likely N-dealkylation sites (N-methyl/N-ethyl adjacent to an activating group) is 1. The molecule has 0 heterocycles. The van der Waals surface area contributed by atoms with Crippen LogP contribution in [0.4, 0.5) is 13.2 Å². The Morgan fingerprint density at radius 1 is 1.13 bits per heavy atom. The molecular weight excluding hydrogens is 209 g/mol. The van der Waals surface area contributed by atoms with Gasteiger partial charge in [0.15, 0.2) is 0 Å². The third-order valence-electron chi connectivity index (χ3n) is 1.69. The number of rotatable bonds is 8. The Morgan fingerprint density at radius 2 is 1.80 bits per heavy atom. The van der Waals surface area contributed by atoms with E-state index in [4.69, 9.17) is 4.74 Å². The zero-order chi connectivity index (χ0) is 11.7. The average Bonchev–Trinajstić information content (AvgIpc) is 2.07. The van der Waals surface area contributed by atoms with Crippen LogP contribution >= 0.6 is 0 Å². The number of nitrogens with one attached hydrogen (secondary N) is 1. The lowest BCUT2D eigenvalue weighted by Gasteiger charge is -2.10. The summed E-state index contributed by atoms with van der Waals surface area (Å²) in [5.74, 6) is 0. The van der Waals surface area contributed by atoms with Crippen LogP contribution in [0, 0.1) is 0 Å². The fourth-order valence-electron chi connectivity index (χ4n) is 0.862. The van der Waals surface area contributed by atoms with Crippen molar-refractivity contribution in [1.29, 1.82) is 0 Å². The zero-order valence-electron chi connectivity index (χ0n) is 9.23. The predicted molar refractivity (Wildman–Crippen MR) is 52.9 cm³/mol. The molecule has 0 saturated carbocycles. The molecule has 0 bridgehead atoms. The highest BCUT2D eigenvalue weighted by Gasteiger charge is 2.26. The summed E-state index contributed by atoms with van der Waals surface area (Å²) in [7, 11) is 3.92. The van der Waals surface area contributed by atoms with E-state index in [1.165, 1.54) is 0 Å². The molecule has 92 valence electrons. The minimum atomic E-state index is -4.11. The van der Waals surface area contributed by atoms with Crippen LogP contribution in [-0.4, -0.2) is 58.0 Å². The van der Waals surface area contributed by atoms with Crippen LogP contribution in [0.2, 0.25) is 0 Å². The topological polar surface area (TPSA) is 24.5 Å². The molecule has 0 aromatic heterocycles. The zero-order valence-corrected chi connectivity index (χ0v) is 9.23. The quantitative estimate of drug-likeness (QED) is 0.630. The average molecular weight is 228 g/mol. The molecule has 0 aromatic carbocycles. The highest BCUT2D eigenvalue weighted by atomic mass is 19.4.